The van der Waals surface area contributed by atoms with Crippen molar-refractivity contribution in [2.45, 2.75) is 45.1 Å². The number of hydrogen-bond donors (Lipinski definition) is 0. The smallest absolute Gasteiger partial charge is 0.232 e. The third-order valence-electron chi connectivity index (χ3n) is 6.09. The van der Waals surface area contributed by atoms with E-state index in [2.05, 4.69) is 34.0 Å². The van der Waals surface area contributed by atoms with E-state index in [0.29, 0.717) is 19.0 Å². The van der Waals surface area contributed by atoms with Crippen LogP contribution in [0, 0.1) is 13.8 Å². The van der Waals surface area contributed by atoms with Crippen molar-refractivity contribution in [2.24, 2.45) is 7.05 Å². The van der Waals surface area contributed by atoms with Crippen LogP contribution in [-0.4, -0.2) is 70.0 Å². The minimum atomic E-state index is -3.11. The first-order valence-corrected chi connectivity index (χ1v) is 11.6. The van der Waals surface area contributed by atoms with Crippen LogP contribution in [-0.2, 0) is 23.6 Å². The molecule has 4 rings (SSSR count). The van der Waals surface area contributed by atoms with Crippen molar-refractivity contribution in [2.75, 3.05) is 32.4 Å². The monoisotopic (exact) mass is 408 g/mol. The molecule has 0 aromatic carbocycles. The molecule has 28 heavy (non-hydrogen) atoms. The summed E-state index contributed by atoms with van der Waals surface area (Å²) >= 11 is 0. The molecule has 2 aromatic heterocycles. The van der Waals surface area contributed by atoms with Crippen molar-refractivity contribution in [3.8, 4) is 0 Å². The van der Waals surface area contributed by atoms with E-state index in [0.717, 1.165) is 44.0 Å². The maximum atomic E-state index is 11.6. The zero-order valence-corrected chi connectivity index (χ0v) is 17.7. The number of nitrogens with zero attached hydrogens (tertiary/aromatic N) is 6. The SMILES string of the molecule is Cc1nn(C)c(C)c1CN1CC(c2nc(C3CCN(S(C)(=O)=O)CC3)no2)C1. The van der Waals surface area contributed by atoms with Crippen LogP contribution in [0.25, 0.3) is 0 Å². The zero-order chi connectivity index (χ0) is 20.1. The lowest BCUT2D eigenvalue weighted by Gasteiger charge is -2.37. The van der Waals surface area contributed by atoms with E-state index in [4.69, 9.17) is 4.52 Å². The van der Waals surface area contributed by atoms with E-state index in [1.807, 2.05) is 11.7 Å². The third-order valence-corrected chi connectivity index (χ3v) is 7.40. The number of piperidine rings is 1. The number of sulfonamides is 1. The molecule has 2 aliphatic heterocycles. The van der Waals surface area contributed by atoms with E-state index < -0.39 is 10.0 Å². The summed E-state index contributed by atoms with van der Waals surface area (Å²) in [6.45, 7) is 7.91. The van der Waals surface area contributed by atoms with E-state index in [9.17, 15) is 8.42 Å². The lowest BCUT2D eigenvalue weighted by atomic mass is 9.96. The summed E-state index contributed by atoms with van der Waals surface area (Å²) < 4.78 is 32.3. The van der Waals surface area contributed by atoms with Gasteiger partial charge in [0.05, 0.1) is 17.9 Å². The van der Waals surface area contributed by atoms with Crippen molar-refractivity contribution in [1.29, 1.82) is 0 Å². The van der Waals surface area contributed by atoms with E-state index >= 15 is 0 Å². The zero-order valence-electron chi connectivity index (χ0n) is 16.9. The predicted octanol–water partition coefficient (Wildman–Crippen LogP) is 1.16. The Kier molecular flexibility index (Phi) is 5.05. The van der Waals surface area contributed by atoms with Gasteiger partial charge in [0.25, 0.3) is 0 Å². The molecule has 10 heteroatoms. The average molecular weight is 409 g/mol. The lowest BCUT2D eigenvalue weighted by molar-refractivity contribution is 0.117. The number of hydrogen-bond acceptors (Lipinski definition) is 7. The molecule has 0 bridgehead atoms. The Labute approximate surface area is 165 Å². The molecule has 2 saturated heterocycles. The summed E-state index contributed by atoms with van der Waals surface area (Å²) in [5.74, 6) is 1.87. The first-order chi connectivity index (χ1) is 13.2. The van der Waals surface area contributed by atoms with Gasteiger partial charge in [-0.25, -0.2) is 12.7 Å². The summed E-state index contributed by atoms with van der Waals surface area (Å²) in [5, 5.41) is 8.67. The minimum absolute atomic E-state index is 0.173. The maximum Gasteiger partial charge on any atom is 0.232 e. The van der Waals surface area contributed by atoms with Crippen LogP contribution >= 0.6 is 0 Å². The highest BCUT2D eigenvalue weighted by Crippen LogP contribution is 2.31. The molecule has 0 spiro atoms. The van der Waals surface area contributed by atoms with Crippen LogP contribution in [0.2, 0.25) is 0 Å². The molecule has 0 amide bonds. The van der Waals surface area contributed by atoms with Crippen molar-refractivity contribution in [1.82, 2.24) is 29.1 Å². The molecular formula is C18H28N6O3S. The number of aryl methyl sites for hydroxylation is 2. The van der Waals surface area contributed by atoms with Gasteiger partial charge in [0.2, 0.25) is 15.9 Å². The van der Waals surface area contributed by atoms with Crippen molar-refractivity contribution >= 4 is 10.0 Å². The second-order valence-corrected chi connectivity index (χ2v) is 10.1. The van der Waals surface area contributed by atoms with Crippen LogP contribution in [0.15, 0.2) is 4.52 Å². The average Bonchev–Trinajstić information content (AvgIpc) is 3.17. The standard InChI is InChI=1S/C18H28N6O3S/c1-12-16(13(2)22(3)20-12)11-23-9-15(10-23)18-19-17(21-27-18)14-5-7-24(8-6-14)28(4,25)26/h14-15H,5-11H2,1-4H3. The molecule has 2 aromatic rings. The molecule has 0 N–H and O–H groups in total. The Morgan fingerprint density at radius 2 is 1.82 bits per heavy atom. The van der Waals surface area contributed by atoms with Gasteiger partial charge < -0.3 is 4.52 Å². The second-order valence-electron chi connectivity index (χ2n) is 8.09. The van der Waals surface area contributed by atoms with Crippen LogP contribution in [0.1, 0.15) is 53.3 Å². The number of rotatable bonds is 5. The summed E-state index contributed by atoms with van der Waals surface area (Å²) in [4.78, 5) is 7.01. The Balaban J connectivity index is 1.32. The fourth-order valence-electron chi connectivity index (χ4n) is 4.15. The first-order valence-electron chi connectivity index (χ1n) is 9.72. The number of aromatic nitrogens is 4. The molecule has 0 atom stereocenters. The van der Waals surface area contributed by atoms with Gasteiger partial charge in [-0.3, -0.25) is 9.58 Å². The summed E-state index contributed by atoms with van der Waals surface area (Å²) in [6, 6.07) is 0. The molecule has 0 unspecified atom stereocenters. The largest absolute Gasteiger partial charge is 0.339 e. The fraction of sp³-hybridized carbons (Fsp3) is 0.722. The Morgan fingerprint density at radius 3 is 2.39 bits per heavy atom. The number of likely N-dealkylation sites (tertiary alicyclic amines) is 1. The summed E-state index contributed by atoms with van der Waals surface area (Å²) in [6.07, 6.45) is 2.74. The van der Waals surface area contributed by atoms with Crippen molar-refractivity contribution in [3.05, 3.63) is 28.7 Å². The normalized spacial score (nSPS) is 20.6. The lowest BCUT2D eigenvalue weighted by Crippen LogP contribution is -2.44. The van der Waals surface area contributed by atoms with Gasteiger partial charge in [-0.05, 0) is 26.7 Å². The molecule has 2 aliphatic rings. The van der Waals surface area contributed by atoms with Gasteiger partial charge in [-0.1, -0.05) is 5.16 Å². The highest BCUT2D eigenvalue weighted by Gasteiger charge is 2.35. The molecular weight excluding hydrogens is 380 g/mol. The van der Waals surface area contributed by atoms with Crippen LogP contribution in [0.3, 0.4) is 0 Å². The summed E-state index contributed by atoms with van der Waals surface area (Å²) in [7, 11) is -1.14. The molecule has 9 nitrogen and oxygen atoms in total. The topological polar surface area (TPSA) is 97.4 Å². The van der Waals surface area contributed by atoms with Crippen molar-refractivity contribution < 1.29 is 12.9 Å². The van der Waals surface area contributed by atoms with Crippen LogP contribution in [0.4, 0.5) is 0 Å². The van der Waals surface area contributed by atoms with E-state index in [-0.39, 0.29) is 11.8 Å². The van der Waals surface area contributed by atoms with Gasteiger partial charge in [-0.15, -0.1) is 0 Å². The quantitative estimate of drug-likeness (QED) is 0.732. The molecule has 154 valence electrons. The van der Waals surface area contributed by atoms with E-state index in [1.165, 1.54) is 21.8 Å². The fourth-order valence-corrected chi connectivity index (χ4v) is 5.02. The molecule has 2 fully saturated rings. The maximum absolute atomic E-state index is 11.6. The predicted molar refractivity (Wildman–Crippen MR) is 103 cm³/mol. The van der Waals surface area contributed by atoms with Gasteiger partial charge in [0.15, 0.2) is 5.82 Å². The van der Waals surface area contributed by atoms with Crippen LogP contribution < -0.4 is 0 Å². The van der Waals surface area contributed by atoms with E-state index in [1.54, 1.807) is 0 Å². The second kappa shape index (κ2) is 7.23. The molecule has 4 heterocycles. The first kappa shape index (κ1) is 19.5. The summed E-state index contributed by atoms with van der Waals surface area (Å²) in [5.41, 5.74) is 3.59. The minimum Gasteiger partial charge on any atom is -0.339 e. The van der Waals surface area contributed by atoms with Gasteiger partial charge >= 0.3 is 0 Å². The Bertz CT molecular complexity index is 952. The molecule has 0 saturated carbocycles. The molecule has 0 radical (unpaired) electrons. The highest BCUT2D eigenvalue weighted by molar-refractivity contribution is 7.88. The van der Waals surface area contributed by atoms with Crippen LogP contribution in [0.5, 0.6) is 0 Å². The molecule has 0 aliphatic carbocycles. The van der Waals surface area contributed by atoms with Gasteiger partial charge in [-0.2, -0.15) is 10.1 Å². The van der Waals surface area contributed by atoms with Crippen molar-refractivity contribution in [3.63, 3.8) is 0 Å². The van der Waals surface area contributed by atoms with Gasteiger partial charge in [0.1, 0.15) is 0 Å². The highest BCUT2D eigenvalue weighted by atomic mass is 32.2. The Morgan fingerprint density at radius 1 is 1.14 bits per heavy atom. The van der Waals surface area contributed by atoms with Gasteiger partial charge in [0, 0.05) is 56.9 Å². The third kappa shape index (κ3) is 3.72. The Hall–Kier alpha value is -1.78.